The molecule has 4 rings (SSSR count). The standard InChI is InChI=1S/C14H25N3/c1-10-4-14(9-17(10)13-2-3-13)16-7-11-5-15-6-12(11)8-16/h10-15H,2-9H2,1H3/t10?,11-,12+,14?. The fourth-order valence-electron chi connectivity index (χ4n) is 4.40. The van der Waals surface area contributed by atoms with Gasteiger partial charge in [0.1, 0.15) is 0 Å². The second-order valence-electron chi connectivity index (χ2n) is 6.80. The number of hydrogen-bond donors (Lipinski definition) is 1. The van der Waals surface area contributed by atoms with Gasteiger partial charge in [0.2, 0.25) is 0 Å². The van der Waals surface area contributed by atoms with Crippen LogP contribution in [0.1, 0.15) is 26.2 Å². The van der Waals surface area contributed by atoms with E-state index in [1.54, 1.807) is 0 Å². The lowest BCUT2D eigenvalue weighted by molar-refractivity contribution is 0.210. The van der Waals surface area contributed by atoms with Crippen LogP contribution in [-0.4, -0.2) is 60.6 Å². The van der Waals surface area contributed by atoms with E-state index in [1.807, 2.05) is 0 Å². The van der Waals surface area contributed by atoms with Crippen molar-refractivity contribution in [3.63, 3.8) is 0 Å². The van der Waals surface area contributed by atoms with Gasteiger partial charge in [0.25, 0.3) is 0 Å². The van der Waals surface area contributed by atoms with Crippen molar-refractivity contribution < 1.29 is 0 Å². The molecule has 2 unspecified atom stereocenters. The summed E-state index contributed by atoms with van der Waals surface area (Å²) in [5, 5.41) is 3.54. The molecule has 0 spiro atoms. The molecular formula is C14H25N3. The van der Waals surface area contributed by atoms with E-state index in [9.17, 15) is 0 Å². The van der Waals surface area contributed by atoms with Crippen LogP contribution in [-0.2, 0) is 0 Å². The van der Waals surface area contributed by atoms with Crippen molar-refractivity contribution in [3.8, 4) is 0 Å². The van der Waals surface area contributed by atoms with Crippen molar-refractivity contribution in [1.82, 2.24) is 15.1 Å². The molecule has 17 heavy (non-hydrogen) atoms. The molecular weight excluding hydrogens is 210 g/mol. The third-order valence-electron chi connectivity index (χ3n) is 5.55. The van der Waals surface area contributed by atoms with Crippen molar-refractivity contribution in [2.24, 2.45) is 11.8 Å². The van der Waals surface area contributed by atoms with Gasteiger partial charge in [0.15, 0.2) is 0 Å². The van der Waals surface area contributed by atoms with E-state index in [0.717, 1.165) is 30.0 Å². The van der Waals surface area contributed by atoms with Crippen LogP contribution >= 0.6 is 0 Å². The second-order valence-corrected chi connectivity index (χ2v) is 6.80. The van der Waals surface area contributed by atoms with Crippen molar-refractivity contribution in [1.29, 1.82) is 0 Å². The molecule has 4 fully saturated rings. The van der Waals surface area contributed by atoms with Gasteiger partial charge in [-0.3, -0.25) is 9.80 Å². The molecule has 0 bridgehead atoms. The molecule has 3 nitrogen and oxygen atoms in total. The summed E-state index contributed by atoms with van der Waals surface area (Å²) in [6.07, 6.45) is 4.35. The number of nitrogens with zero attached hydrogens (tertiary/aromatic N) is 2. The summed E-state index contributed by atoms with van der Waals surface area (Å²) < 4.78 is 0. The normalized spacial score (nSPS) is 47.8. The highest BCUT2D eigenvalue weighted by atomic mass is 15.3. The number of fused-ring (bicyclic) bond motifs is 1. The Morgan fingerprint density at radius 1 is 0.941 bits per heavy atom. The monoisotopic (exact) mass is 235 g/mol. The molecule has 96 valence electrons. The average Bonchev–Trinajstić information content (AvgIpc) is 2.74. The van der Waals surface area contributed by atoms with Crippen LogP contribution in [0.25, 0.3) is 0 Å². The maximum absolute atomic E-state index is 3.54. The number of nitrogens with one attached hydrogen (secondary N) is 1. The first kappa shape index (κ1) is 10.8. The third kappa shape index (κ3) is 1.83. The largest absolute Gasteiger partial charge is 0.316 e. The van der Waals surface area contributed by atoms with E-state index in [1.165, 1.54) is 52.0 Å². The highest BCUT2D eigenvalue weighted by Gasteiger charge is 2.44. The van der Waals surface area contributed by atoms with E-state index in [4.69, 9.17) is 0 Å². The summed E-state index contributed by atoms with van der Waals surface area (Å²) >= 11 is 0. The lowest BCUT2D eigenvalue weighted by Gasteiger charge is -2.25. The first-order valence-corrected chi connectivity index (χ1v) is 7.52. The Bertz CT molecular complexity index is 290. The Kier molecular flexibility index (Phi) is 2.50. The van der Waals surface area contributed by atoms with Gasteiger partial charge in [0.05, 0.1) is 0 Å². The second kappa shape index (κ2) is 3.94. The van der Waals surface area contributed by atoms with Crippen molar-refractivity contribution in [3.05, 3.63) is 0 Å². The minimum absolute atomic E-state index is 0.839. The van der Waals surface area contributed by atoms with Gasteiger partial charge in [-0.25, -0.2) is 0 Å². The molecule has 3 heteroatoms. The minimum atomic E-state index is 0.839. The van der Waals surface area contributed by atoms with Gasteiger partial charge >= 0.3 is 0 Å². The Labute approximate surface area is 105 Å². The van der Waals surface area contributed by atoms with Gasteiger partial charge in [0, 0.05) is 37.8 Å². The van der Waals surface area contributed by atoms with E-state index < -0.39 is 0 Å². The SMILES string of the molecule is CC1CC(N2C[C@H]3CNC[C@H]3C2)CN1C1CC1. The third-order valence-corrected chi connectivity index (χ3v) is 5.55. The quantitative estimate of drug-likeness (QED) is 0.762. The molecule has 1 aliphatic carbocycles. The minimum Gasteiger partial charge on any atom is -0.316 e. The molecule has 1 N–H and O–H groups in total. The van der Waals surface area contributed by atoms with E-state index in [2.05, 4.69) is 22.0 Å². The maximum Gasteiger partial charge on any atom is 0.0238 e. The van der Waals surface area contributed by atoms with Crippen LogP contribution in [0.4, 0.5) is 0 Å². The number of hydrogen-bond acceptors (Lipinski definition) is 3. The Morgan fingerprint density at radius 2 is 1.65 bits per heavy atom. The van der Waals surface area contributed by atoms with Crippen LogP contribution < -0.4 is 5.32 Å². The van der Waals surface area contributed by atoms with E-state index >= 15 is 0 Å². The zero-order chi connectivity index (χ0) is 11.4. The summed E-state index contributed by atoms with van der Waals surface area (Å²) in [6, 6.07) is 2.67. The summed E-state index contributed by atoms with van der Waals surface area (Å²) in [7, 11) is 0. The average molecular weight is 235 g/mol. The molecule has 0 amide bonds. The fourth-order valence-corrected chi connectivity index (χ4v) is 4.40. The lowest BCUT2D eigenvalue weighted by Crippen LogP contribution is -2.38. The van der Waals surface area contributed by atoms with Gasteiger partial charge in [-0.2, -0.15) is 0 Å². The molecule has 0 aromatic rings. The first-order chi connectivity index (χ1) is 8.31. The molecule has 3 heterocycles. The Morgan fingerprint density at radius 3 is 2.29 bits per heavy atom. The van der Waals surface area contributed by atoms with Crippen molar-refractivity contribution in [2.45, 2.75) is 44.3 Å². The van der Waals surface area contributed by atoms with Crippen molar-refractivity contribution >= 4 is 0 Å². The molecule has 4 atom stereocenters. The van der Waals surface area contributed by atoms with Crippen LogP contribution in [0, 0.1) is 11.8 Å². The zero-order valence-electron chi connectivity index (χ0n) is 10.9. The van der Waals surface area contributed by atoms with Gasteiger partial charge in [-0.15, -0.1) is 0 Å². The van der Waals surface area contributed by atoms with Gasteiger partial charge in [-0.05, 0) is 51.1 Å². The fraction of sp³-hybridized carbons (Fsp3) is 1.00. The summed E-state index contributed by atoms with van der Waals surface area (Å²) in [5.74, 6) is 1.92. The maximum atomic E-state index is 3.54. The molecule has 3 saturated heterocycles. The highest BCUT2D eigenvalue weighted by Crippen LogP contribution is 2.37. The topological polar surface area (TPSA) is 18.5 Å². The van der Waals surface area contributed by atoms with Gasteiger partial charge < -0.3 is 5.32 Å². The van der Waals surface area contributed by atoms with Crippen molar-refractivity contribution in [2.75, 3.05) is 32.7 Å². The molecule has 0 aromatic heterocycles. The van der Waals surface area contributed by atoms with Gasteiger partial charge in [-0.1, -0.05) is 0 Å². The van der Waals surface area contributed by atoms with Crippen LogP contribution in [0.5, 0.6) is 0 Å². The predicted octanol–water partition coefficient (Wildman–Crippen LogP) is 0.763. The van der Waals surface area contributed by atoms with E-state index in [0.29, 0.717) is 0 Å². The number of rotatable bonds is 2. The molecule has 0 radical (unpaired) electrons. The molecule has 0 aromatic carbocycles. The summed E-state index contributed by atoms with van der Waals surface area (Å²) in [4.78, 5) is 5.60. The smallest absolute Gasteiger partial charge is 0.0238 e. The van der Waals surface area contributed by atoms with E-state index in [-0.39, 0.29) is 0 Å². The Hall–Kier alpha value is -0.120. The predicted molar refractivity (Wildman–Crippen MR) is 69.0 cm³/mol. The lowest BCUT2D eigenvalue weighted by atomic mass is 10.0. The highest BCUT2D eigenvalue weighted by molar-refractivity contribution is 5.00. The molecule has 4 aliphatic rings. The van der Waals surface area contributed by atoms with Crippen LogP contribution in [0.2, 0.25) is 0 Å². The molecule has 3 aliphatic heterocycles. The Balaban J connectivity index is 1.40. The summed E-state index contributed by atoms with van der Waals surface area (Å²) in [6.45, 7) is 9.09. The van der Waals surface area contributed by atoms with Crippen LogP contribution in [0.3, 0.4) is 0 Å². The zero-order valence-corrected chi connectivity index (χ0v) is 10.9. The molecule has 1 saturated carbocycles. The van der Waals surface area contributed by atoms with Crippen LogP contribution in [0.15, 0.2) is 0 Å². The summed E-state index contributed by atoms with van der Waals surface area (Å²) in [5.41, 5.74) is 0. The first-order valence-electron chi connectivity index (χ1n) is 7.52. The number of likely N-dealkylation sites (tertiary alicyclic amines) is 2.